The van der Waals surface area contributed by atoms with Crippen molar-refractivity contribution < 1.29 is 24.1 Å². The Morgan fingerprint density at radius 1 is 1.36 bits per heavy atom. The molecule has 9 nitrogen and oxygen atoms in total. The summed E-state index contributed by atoms with van der Waals surface area (Å²) in [6.07, 6.45) is -2.67. The first kappa shape index (κ1) is 15.1. The zero-order valence-electron chi connectivity index (χ0n) is 12.0. The molecule has 2 saturated heterocycles. The summed E-state index contributed by atoms with van der Waals surface area (Å²) in [5.41, 5.74) is -1.31. The molecule has 0 saturated carbocycles. The van der Waals surface area contributed by atoms with Gasteiger partial charge in [-0.3, -0.25) is 14.3 Å². The van der Waals surface area contributed by atoms with E-state index in [-0.39, 0.29) is 5.69 Å². The lowest BCUT2D eigenvalue weighted by Gasteiger charge is -2.24. The molecule has 3 rings (SSSR count). The monoisotopic (exact) mass is 312 g/mol. The van der Waals surface area contributed by atoms with Crippen LogP contribution in [-0.2, 0) is 25.6 Å². The Balaban J connectivity index is 2.08. The second-order valence-electron chi connectivity index (χ2n) is 5.65. The van der Waals surface area contributed by atoms with E-state index in [1.54, 1.807) is 13.8 Å². The molecule has 9 heteroatoms. The molecule has 120 valence electrons. The van der Waals surface area contributed by atoms with Crippen LogP contribution in [0.1, 0.15) is 25.8 Å². The Hall–Kier alpha value is -1.81. The molecule has 0 aromatic carbocycles. The van der Waals surface area contributed by atoms with Crippen molar-refractivity contribution in [3.8, 4) is 0 Å². The number of hydrogen-bond acceptors (Lipinski definition) is 7. The number of aliphatic hydroxyl groups is 1. The molecule has 22 heavy (non-hydrogen) atoms. The third kappa shape index (κ3) is 2.31. The van der Waals surface area contributed by atoms with Gasteiger partial charge in [0.1, 0.15) is 18.3 Å². The van der Waals surface area contributed by atoms with E-state index in [9.17, 15) is 19.5 Å². The molecular weight excluding hydrogens is 296 g/mol. The van der Waals surface area contributed by atoms with Crippen molar-refractivity contribution in [3.63, 3.8) is 0 Å². The number of aldehydes is 1. The lowest BCUT2D eigenvalue weighted by atomic mass is 10.1. The lowest BCUT2D eigenvalue weighted by molar-refractivity contribution is -0.195. The van der Waals surface area contributed by atoms with Gasteiger partial charge in [-0.25, -0.2) is 4.79 Å². The minimum atomic E-state index is -0.978. The quantitative estimate of drug-likeness (QED) is 0.662. The van der Waals surface area contributed by atoms with Crippen LogP contribution in [0.3, 0.4) is 0 Å². The smallest absolute Gasteiger partial charge is 0.330 e. The van der Waals surface area contributed by atoms with Gasteiger partial charge in [0.25, 0.3) is 5.56 Å². The Labute approximate surface area is 124 Å². The average Bonchev–Trinajstić information content (AvgIpc) is 2.91. The van der Waals surface area contributed by atoms with Gasteiger partial charge >= 0.3 is 5.69 Å². The van der Waals surface area contributed by atoms with E-state index in [4.69, 9.17) is 14.2 Å². The fraction of sp³-hybridized carbons (Fsp3) is 0.615. The van der Waals surface area contributed by atoms with Gasteiger partial charge < -0.3 is 24.1 Å². The molecular formula is C13H16N2O7. The molecule has 1 aromatic heterocycles. The van der Waals surface area contributed by atoms with Crippen molar-refractivity contribution in [2.75, 3.05) is 0 Å². The highest BCUT2D eigenvalue weighted by Gasteiger charge is 2.56. The number of rotatable bonds is 3. The van der Waals surface area contributed by atoms with Crippen LogP contribution in [0.4, 0.5) is 0 Å². The molecule has 2 N–H and O–H groups in total. The van der Waals surface area contributed by atoms with Gasteiger partial charge in [0.15, 0.2) is 18.3 Å². The minimum absolute atomic E-state index is 0.0670. The second-order valence-corrected chi connectivity index (χ2v) is 5.65. The van der Waals surface area contributed by atoms with Crippen LogP contribution in [-0.4, -0.2) is 45.0 Å². The number of nitrogens with zero attached hydrogens (tertiary/aromatic N) is 1. The molecule has 4 atom stereocenters. The van der Waals surface area contributed by atoms with Gasteiger partial charge in [-0.05, 0) is 13.8 Å². The second kappa shape index (κ2) is 5.13. The summed E-state index contributed by atoms with van der Waals surface area (Å²) in [5.74, 6) is -0.927. The van der Waals surface area contributed by atoms with E-state index in [2.05, 4.69) is 4.98 Å². The van der Waals surface area contributed by atoms with Crippen molar-refractivity contribution in [2.45, 2.75) is 50.8 Å². The van der Waals surface area contributed by atoms with Gasteiger partial charge in [-0.15, -0.1) is 0 Å². The van der Waals surface area contributed by atoms with E-state index in [1.165, 1.54) is 0 Å². The number of carbonyl (C=O) groups is 1. The van der Waals surface area contributed by atoms with Crippen LogP contribution >= 0.6 is 0 Å². The van der Waals surface area contributed by atoms with E-state index in [0.717, 1.165) is 10.6 Å². The molecule has 0 bridgehead atoms. The molecule has 3 heterocycles. The first-order chi connectivity index (χ1) is 10.4. The summed E-state index contributed by atoms with van der Waals surface area (Å²) in [6.45, 7) is 2.84. The Morgan fingerprint density at radius 2 is 2.05 bits per heavy atom. The van der Waals surface area contributed by atoms with Crippen LogP contribution in [0, 0.1) is 0 Å². The fourth-order valence-corrected chi connectivity index (χ4v) is 2.88. The number of ether oxygens (including phenoxy) is 3. The Kier molecular flexibility index (Phi) is 3.52. The third-order valence-corrected chi connectivity index (χ3v) is 3.67. The molecule has 2 fully saturated rings. The van der Waals surface area contributed by atoms with Crippen LogP contribution in [0.25, 0.3) is 0 Å². The number of aliphatic hydroxyl groups excluding tert-OH is 1. The van der Waals surface area contributed by atoms with Gasteiger partial charge in [-0.1, -0.05) is 0 Å². The summed E-state index contributed by atoms with van der Waals surface area (Å²) >= 11 is 0. The Morgan fingerprint density at radius 3 is 2.68 bits per heavy atom. The molecule has 0 unspecified atom stereocenters. The topological polar surface area (TPSA) is 120 Å². The minimum Gasteiger partial charge on any atom is -0.390 e. The maximum atomic E-state index is 12.1. The highest BCUT2D eigenvalue weighted by molar-refractivity contribution is 5.58. The van der Waals surface area contributed by atoms with Gasteiger partial charge in [0.2, 0.25) is 0 Å². The standard InChI is InChI=1S/C13H16N2O7/c1-13(2)21-9-7(5-17)20-11(10(9)22-13)15-6(4-16)3-8(18)14-12(15)19/h3,5,7,9-11,16H,4H2,1-2H3,(H,14,18,19)/t7-,9-,10-,11-/m1/s1. The van der Waals surface area contributed by atoms with Crippen LogP contribution in [0.15, 0.2) is 15.7 Å². The maximum absolute atomic E-state index is 12.1. The summed E-state index contributed by atoms with van der Waals surface area (Å²) in [5, 5.41) is 9.38. The van der Waals surface area contributed by atoms with Crippen molar-refractivity contribution in [1.29, 1.82) is 0 Å². The Bertz CT molecular complexity index is 707. The van der Waals surface area contributed by atoms with E-state index < -0.39 is 48.2 Å². The number of carbonyl (C=O) groups excluding carboxylic acids is 1. The SMILES string of the molecule is CC1(C)O[C@@H]2[C@H](O1)[C@@H](C=O)O[C@H]2n1c(CO)cc(=O)[nH]c1=O. The number of fused-ring (bicyclic) bond motifs is 1. The van der Waals surface area contributed by atoms with Crippen molar-refractivity contribution in [2.24, 2.45) is 0 Å². The molecule has 2 aliphatic rings. The zero-order valence-corrected chi connectivity index (χ0v) is 12.0. The maximum Gasteiger partial charge on any atom is 0.330 e. The van der Waals surface area contributed by atoms with Crippen LogP contribution in [0.5, 0.6) is 0 Å². The number of aromatic amines is 1. The number of aromatic nitrogens is 2. The van der Waals surface area contributed by atoms with Gasteiger partial charge in [-0.2, -0.15) is 0 Å². The predicted octanol–water partition coefficient (Wildman–Crippen LogP) is -1.35. The van der Waals surface area contributed by atoms with E-state index in [1.807, 2.05) is 0 Å². The molecule has 0 radical (unpaired) electrons. The molecule has 0 aliphatic carbocycles. The third-order valence-electron chi connectivity index (χ3n) is 3.67. The normalized spacial score (nSPS) is 32.9. The van der Waals surface area contributed by atoms with Crippen LogP contribution in [0.2, 0.25) is 0 Å². The van der Waals surface area contributed by atoms with Crippen molar-refractivity contribution in [1.82, 2.24) is 9.55 Å². The van der Waals surface area contributed by atoms with E-state index in [0.29, 0.717) is 6.29 Å². The summed E-state index contributed by atoms with van der Waals surface area (Å²) < 4.78 is 18.0. The van der Waals surface area contributed by atoms with Gasteiger partial charge in [0, 0.05) is 6.07 Å². The van der Waals surface area contributed by atoms with Crippen molar-refractivity contribution in [3.05, 3.63) is 32.6 Å². The van der Waals surface area contributed by atoms with Gasteiger partial charge in [0.05, 0.1) is 12.3 Å². The van der Waals surface area contributed by atoms with E-state index >= 15 is 0 Å². The number of nitrogens with one attached hydrogen (secondary N) is 1. The molecule has 2 aliphatic heterocycles. The highest BCUT2D eigenvalue weighted by Crippen LogP contribution is 2.42. The highest BCUT2D eigenvalue weighted by atomic mass is 16.8. The summed E-state index contributed by atoms with van der Waals surface area (Å²) in [7, 11) is 0. The lowest BCUT2D eigenvalue weighted by Crippen LogP contribution is -2.39. The number of hydrogen-bond donors (Lipinski definition) is 2. The average molecular weight is 312 g/mol. The molecule has 0 spiro atoms. The number of H-pyrrole nitrogens is 1. The molecule has 0 amide bonds. The largest absolute Gasteiger partial charge is 0.390 e. The van der Waals surface area contributed by atoms with Crippen LogP contribution < -0.4 is 11.2 Å². The summed E-state index contributed by atoms with van der Waals surface area (Å²) in [6, 6.07) is 1.09. The van der Waals surface area contributed by atoms with Crippen molar-refractivity contribution >= 4 is 6.29 Å². The fourth-order valence-electron chi connectivity index (χ4n) is 2.88. The summed E-state index contributed by atoms with van der Waals surface area (Å²) in [4.78, 5) is 36.7. The first-order valence-corrected chi connectivity index (χ1v) is 6.78. The predicted molar refractivity (Wildman–Crippen MR) is 71.0 cm³/mol. The molecule has 1 aromatic rings. The zero-order chi connectivity index (χ0) is 16.1. The first-order valence-electron chi connectivity index (χ1n) is 6.78.